The van der Waals surface area contributed by atoms with Gasteiger partial charge in [-0.1, -0.05) is 19.3 Å². The highest BCUT2D eigenvalue weighted by Gasteiger charge is 2.20. The van der Waals surface area contributed by atoms with Gasteiger partial charge in [-0.3, -0.25) is 9.48 Å². The van der Waals surface area contributed by atoms with E-state index in [2.05, 4.69) is 10.4 Å². The number of ether oxygens (including phenoxy) is 1. The molecule has 1 fully saturated rings. The van der Waals surface area contributed by atoms with Crippen molar-refractivity contribution >= 4 is 5.91 Å². The highest BCUT2D eigenvalue weighted by molar-refractivity contribution is 5.96. The number of methoxy groups -OCH3 is 1. The number of nitrogens with one attached hydrogen (secondary N) is 1. The Morgan fingerprint density at radius 1 is 1.47 bits per heavy atom. The average Bonchev–Trinajstić information content (AvgIpc) is 2.72. The van der Waals surface area contributed by atoms with E-state index in [0.717, 1.165) is 12.8 Å². The minimum Gasteiger partial charge on any atom is -0.479 e. The van der Waals surface area contributed by atoms with E-state index in [4.69, 9.17) is 4.74 Å². The van der Waals surface area contributed by atoms with Crippen LogP contribution in [-0.2, 0) is 7.05 Å². The lowest BCUT2D eigenvalue weighted by atomic mass is 9.95. The number of carbonyl (C=O) groups excluding carboxylic acids is 1. The van der Waals surface area contributed by atoms with E-state index in [1.165, 1.54) is 26.4 Å². The van der Waals surface area contributed by atoms with Crippen LogP contribution in [-0.4, -0.2) is 28.8 Å². The molecule has 17 heavy (non-hydrogen) atoms. The summed E-state index contributed by atoms with van der Waals surface area (Å²) in [7, 11) is 3.31. The smallest absolute Gasteiger partial charge is 0.258 e. The number of aromatic nitrogens is 2. The minimum atomic E-state index is -0.0816. The average molecular weight is 237 g/mol. The molecular formula is C12H19N3O2. The molecule has 1 aliphatic carbocycles. The molecule has 1 aliphatic rings. The fraction of sp³-hybridized carbons (Fsp3) is 0.667. The van der Waals surface area contributed by atoms with Gasteiger partial charge in [-0.2, -0.15) is 0 Å². The lowest BCUT2D eigenvalue weighted by molar-refractivity contribution is 0.0924. The molecular weight excluding hydrogens is 218 g/mol. The minimum absolute atomic E-state index is 0.0816. The maximum atomic E-state index is 12.1. The second-order valence-corrected chi connectivity index (χ2v) is 4.53. The molecule has 1 aromatic heterocycles. The summed E-state index contributed by atoms with van der Waals surface area (Å²) in [4.78, 5) is 12.1. The predicted octanol–water partition coefficient (Wildman–Crippen LogP) is 1.49. The lowest BCUT2D eigenvalue weighted by Crippen LogP contribution is -2.36. The van der Waals surface area contributed by atoms with Crippen molar-refractivity contribution in [2.24, 2.45) is 7.05 Å². The summed E-state index contributed by atoms with van der Waals surface area (Å²) in [6, 6.07) is 0.307. The first-order valence-corrected chi connectivity index (χ1v) is 6.09. The number of hydrogen-bond acceptors (Lipinski definition) is 3. The highest BCUT2D eigenvalue weighted by atomic mass is 16.5. The normalized spacial score (nSPS) is 16.8. The number of amides is 1. The second-order valence-electron chi connectivity index (χ2n) is 4.53. The van der Waals surface area contributed by atoms with Gasteiger partial charge in [0.25, 0.3) is 5.91 Å². The fourth-order valence-corrected chi connectivity index (χ4v) is 2.28. The summed E-state index contributed by atoms with van der Waals surface area (Å²) in [6.07, 6.45) is 7.53. The van der Waals surface area contributed by atoms with Crippen molar-refractivity contribution in [2.75, 3.05) is 7.11 Å². The van der Waals surface area contributed by atoms with Gasteiger partial charge in [0.1, 0.15) is 5.56 Å². The maximum absolute atomic E-state index is 12.1. The van der Waals surface area contributed by atoms with E-state index in [0.29, 0.717) is 17.5 Å². The molecule has 1 amide bonds. The molecule has 1 N–H and O–H groups in total. The molecule has 0 unspecified atom stereocenters. The van der Waals surface area contributed by atoms with Crippen LogP contribution >= 0.6 is 0 Å². The zero-order chi connectivity index (χ0) is 12.3. The van der Waals surface area contributed by atoms with Crippen molar-refractivity contribution in [2.45, 2.75) is 38.1 Å². The van der Waals surface area contributed by atoms with Gasteiger partial charge >= 0.3 is 0 Å². The van der Waals surface area contributed by atoms with Gasteiger partial charge in [0.05, 0.1) is 7.11 Å². The van der Waals surface area contributed by atoms with Gasteiger partial charge in [-0.05, 0) is 12.8 Å². The van der Waals surface area contributed by atoms with Crippen LogP contribution < -0.4 is 10.1 Å². The highest BCUT2D eigenvalue weighted by Crippen LogP contribution is 2.19. The topological polar surface area (TPSA) is 56.2 Å². The lowest BCUT2D eigenvalue weighted by Gasteiger charge is -2.22. The number of nitrogens with zero attached hydrogens (tertiary/aromatic N) is 2. The molecule has 0 spiro atoms. The standard InChI is InChI=1S/C12H19N3O2/c1-15-8-10(12(14-15)17-2)11(16)13-9-6-4-3-5-7-9/h8-9H,3-7H2,1-2H3,(H,13,16). The Balaban J connectivity index is 2.02. The Morgan fingerprint density at radius 2 is 2.18 bits per heavy atom. The van der Waals surface area contributed by atoms with Crippen LogP contribution in [0.5, 0.6) is 5.88 Å². The third kappa shape index (κ3) is 2.78. The van der Waals surface area contributed by atoms with Crippen LogP contribution in [0.1, 0.15) is 42.5 Å². The van der Waals surface area contributed by atoms with Crippen molar-refractivity contribution in [1.29, 1.82) is 0 Å². The van der Waals surface area contributed by atoms with Crippen LogP contribution in [0.4, 0.5) is 0 Å². The predicted molar refractivity (Wildman–Crippen MR) is 64.1 cm³/mol. The van der Waals surface area contributed by atoms with E-state index in [-0.39, 0.29) is 5.91 Å². The second kappa shape index (κ2) is 5.21. The summed E-state index contributed by atoms with van der Waals surface area (Å²) in [6.45, 7) is 0. The molecule has 1 saturated carbocycles. The number of rotatable bonds is 3. The molecule has 0 aromatic carbocycles. The van der Waals surface area contributed by atoms with Gasteiger partial charge < -0.3 is 10.1 Å². The molecule has 1 heterocycles. The van der Waals surface area contributed by atoms with Crippen LogP contribution in [0.2, 0.25) is 0 Å². The summed E-state index contributed by atoms with van der Waals surface area (Å²) in [5.74, 6) is 0.308. The van der Waals surface area contributed by atoms with Crippen molar-refractivity contribution in [1.82, 2.24) is 15.1 Å². The Labute approximate surface area is 101 Å². The van der Waals surface area contributed by atoms with Crippen LogP contribution in [0.3, 0.4) is 0 Å². The summed E-state index contributed by atoms with van der Waals surface area (Å²) in [5.41, 5.74) is 0.514. The van der Waals surface area contributed by atoms with Crippen molar-refractivity contribution in [3.8, 4) is 5.88 Å². The number of carbonyl (C=O) groups is 1. The fourth-order valence-electron chi connectivity index (χ4n) is 2.28. The van der Waals surface area contributed by atoms with Gasteiger partial charge in [-0.15, -0.1) is 5.10 Å². The molecule has 0 saturated heterocycles. The molecule has 5 nitrogen and oxygen atoms in total. The summed E-state index contributed by atoms with van der Waals surface area (Å²) < 4.78 is 6.68. The van der Waals surface area contributed by atoms with Gasteiger partial charge in [0, 0.05) is 19.3 Å². The third-order valence-electron chi connectivity index (χ3n) is 3.17. The Morgan fingerprint density at radius 3 is 2.82 bits per heavy atom. The molecule has 0 bridgehead atoms. The summed E-state index contributed by atoms with van der Waals surface area (Å²) >= 11 is 0. The maximum Gasteiger partial charge on any atom is 0.258 e. The number of aryl methyl sites for hydroxylation is 1. The van der Waals surface area contributed by atoms with Crippen LogP contribution in [0.25, 0.3) is 0 Å². The monoisotopic (exact) mass is 237 g/mol. The van der Waals surface area contributed by atoms with E-state index in [1.54, 1.807) is 17.9 Å². The van der Waals surface area contributed by atoms with E-state index in [1.807, 2.05) is 0 Å². The Hall–Kier alpha value is -1.52. The molecule has 2 rings (SSSR count). The third-order valence-corrected chi connectivity index (χ3v) is 3.17. The molecule has 1 aromatic rings. The Kier molecular flexibility index (Phi) is 3.66. The van der Waals surface area contributed by atoms with Crippen molar-refractivity contribution in [3.63, 3.8) is 0 Å². The quantitative estimate of drug-likeness (QED) is 0.866. The van der Waals surface area contributed by atoms with Gasteiger partial charge in [0.15, 0.2) is 0 Å². The van der Waals surface area contributed by atoms with E-state index >= 15 is 0 Å². The SMILES string of the molecule is COc1nn(C)cc1C(=O)NC1CCCCC1. The number of hydrogen-bond donors (Lipinski definition) is 1. The van der Waals surface area contributed by atoms with Gasteiger partial charge in [0.2, 0.25) is 5.88 Å². The first-order valence-electron chi connectivity index (χ1n) is 6.09. The summed E-state index contributed by atoms with van der Waals surface area (Å²) in [5, 5.41) is 7.13. The first-order chi connectivity index (χ1) is 8.20. The van der Waals surface area contributed by atoms with Gasteiger partial charge in [-0.25, -0.2) is 0 Å². The zero-order valence-corrected chi connectivity index (χ0v) is 10.4. The molecule has 0 atom stereocenters. The van der Waals surface area contributed by atoms with Crippen molar-refractivity contribution in [3.05, 3.63) is 11.8 Å². The molecule has 0 radical (unpaired) electrons. The van der Waals surface area contributed by atoms with E-state index in [9.17, 15) is 4.79 Å². The molecule has 0 aliphatic heterocycles. The largest absolute Gasteiger partial charge is 0.479 e. The van der Waals surface area contributed by atoms with E-state index < -0.39 is 0 Å². The molecule has 94 valence electrons. The first kappa shape index (κ1) is 12.0. The van der Waals surface area contributed by atoms with Crippen LogP contribution in [0, 0.1) is 0 Å². The molecule has 5 heteroatoms. The van der Waals surface area contributed by atoms with Crippen molar-refractivity contribution < 1.29 is 9.53 Å². The zero-order valence-electron chi connectivity index (χ0n) is 10.4. The van der Waals surface area contributed by atoms with Crippen LogP contribution in [0.15, 0.2) is 6.20 Å². The Bertz CT molecular complexity index is 394.